The van der Waals surface area contributed by atoms with Crippen LogP contribution in [0.25, 0.3) is 64.7 Å². The topological polar surface area (TPSA) is 48.6 Å². The molecule has 8 rings (SSSR count). The molecule has 1 N–H and O–H groups in total. The maximum atomic E-state index is 8.52. The Balaban J connectivity index is 1.39. The summed E-state index contributed by atoms with van der Waals surface area (Å²) in [7, 11) is 0. The van der Waals surface area contributed by atoms with Crippen molar-refractivity contribution >= 4 is 49.4 Å². The van der Waals surface area contributed by atoms with Gasteiger partial charge in [0.15, 0.2) is 5.84 Å². The van der Waals surface area contributed by atoms with Crippen LogP contribution >= 0.6 is 11.3 Å². The van der Waals surface area contributed by atoms with E-state index in [4.69, 9.17) is 10.4 Å². The van der Waals surface area contributed by atoms with Crippen molar-refractivity contribution in [2.75, 3.05) is 0 Å². The maximum Gasteiger partial charge on any atom is 0.153 e. The van der Waals surface area contributed by atoms with Crippen molar-refractivity contribution < 1.29 is 0 Å². The smallest absolute Gasteiger partial charge is 0.153 e. The summed E-state index contributed by atoms with van der Waals surface area (Å²) in [5, 5.41) is 10.9. The third kappa shape index (κ3) is 6.09. The Morgan fingerprint density at radius 3 is 1.74 bits per heavy atom. The average Bonchev–Trinajstić information content (AvgIpc) is 3.58. The Bertz CT molecular complexity index is 2530. The molecule has 1 aromatic heterocycles. The Hall–Kier alpha value is -6.23. The lowest BCUT2D eigenvalue weighted by Gasteiger charge is -2.12. The van der Waals surface area contributed by atoms with Gasteiger partial charge in [0.25, 0.3) is 0 Å². The molecule has 7 aromatic carbocycles. The Labute approximate surface area is 296 Å². The summed E-state index contributed by atoms with van der Waals surface area (Å²) in [6.45, 7) is 1.85. The Morgan fingerprint density at radius 2 is 1.08 bits per heavy atom. The monoisotopic (exact) mass is 659 g/mol. The summed E-state index contributed by atoms with van der Waals surface area (Å²) in [6.07, 6.45) is 1.91. The third-order valence-corrected chi connectivity index (χ3v) is 10.2. The van der Waals surface area contributed by atoms with Gasteiger partial charge >= 0.3 is 0 Å². The molecule has 0 spiro atoms. The summed E-state index contributed by atoms with van der Waals surface area (Å²) < 4.78 is 2.45. The predicted molar refractivity (Wildman–Crippen MR) is 215 cm³/mol. The zero-order valence-electron chi connectivity index (χ0n) is 27.5. The first kappa shape index (κ1) is 31.1. The number of fused-ring (bicyclic) bond motifs is 3. The van der Waals surface area contributed by atoms with Crippen molar-refractivity contribution in [2.45, 2.75) is 6.92 Å². The number of rotatable bonds is 6. The van der Waals surface area contributed by atoms with Crippen molar-refractivity contribution in [2.24, 2.45) is 9.98 Å². The summed E-state index contributed by atoms with van der Waals surface area (Å²) in [6, 6.07) is 59.2. The van der Waals surface area contributed by atoms with Gasteiger partial charge in [0.1, 0.15) is 5.84 Å². The molecule has 50 heavy (non-hydrogen) atoms. The number of nitrogens with zero attached hydrogens (tertiary/aromatic N) is 2. The van der Waals surface area contributed by atoms with Crippen LogP contribution in [0.15, 0.2) is 180 Å². The van der Waals surface area contributed by atoms with Crippen molar-refractivity contribution in [1.29, 1.82) is 5.41 Å². The number of thiophene rings is 1. The standard InChI is InChI=1S/C46H33N3S/c1-31(49-46(47)35-22-12-5-13-23-35)48-30-36-26-27-40(39-25-15-14-24-38(39)33-18-8-3-9-19-33)45-43(36)42-29-37(32-16-6-2-7-17-32)28-41(44(42)50-45)34-20-10-4-11-21-34/h2-30,47H,1H3. The minimum atomic E-state index is 0.194. The zero-order chi connectivity index (χ0) is 33.9. The van der Waals surface area contributed by atoms with Gasteiger partial charge in [0.05, 0.1) is 0 Å². The Morgan fingerprint density at radius 1 is 0.520 bits per heavy atom. The van der Waals surface area contributed by atoms with Gasteiger partial charge in [-0.3, -0.25) is 5.41 Å². The second-order valence-electron chi connectivity index (χ2n) is 12.2. The van der Waals surface area contributed by atoms with Gasteiger partial charge in [-0.2, -0.15) is 0 Å². The fourth-order valence-electron chi connectivity index (χ4n) is 6.56. The number of benzene rings is 7. The molecule has 4 heteroatoms. The van der Waals surface area contributed by atoms with Crippen LogP contribution in [0.1, 0.15) is 18.1 Å². The SMILES string of the molecule is CC(N=Cc1ccc(-c2ccccc2-c2ccccc2)c2sc3c(-c4ccccc4)cc(-c4ccccc4)cc3c12)=NC(=N)c1ccccc1. The molecule has 0 saturated carbocycles. The lowest BCUT2D eigenvalue weighted by atomic mass is 9.91. The number of amidine groups is 2. The van der Waals surface area contributed by atoms with Crippen LogP contribution in [0.4, 0.5) is 0 Å². The number of hydrogen-bond donors (Lipinski definition) is 1. The lowest BCUT2D eigenvalue weighted by molar-refractivity contribution is 1.39. The van der Waals surface area contributed by atoms with Gasteiger partial charge in [-0.25, -0.2) is 9.98 Å². The van der Waals surface area contributed by atoms with Gasteiger partial charge < -0.3 is 0 Å². The van der Waals surface area contributed by atoms with E-state index in [1.807, 2.05) is 54.8 Å². The van der Waals surface area contributed by atoms with Crippen molar-refractivity contribution in [1.82, 2.24) is 0 Å². The van der Waals surface area contributed by atoms with E-state index < -0.39 is 0 Å². The quantitative estimate of drug-likeness (QED) is 0.136. The van der Waals surface area contributed by atoms with E-state index in [1.54, 1.807) is 0 Å². The van der Waals surface area contributed by atoms with E-state index in [-0.39, 0.29) is 5.84 Å². The largest absolute Gasteiger partial charge is 0.282 e. The van der Waals surface area contributed by atoms with Gasteiger partial charge in [0, 0.05) is 48.6 Å². The van der Waals surface area contributed by atoms with E-state index in [1.165, 1.54) is 59.3 Å². The molecular weight excluding hydrogens is 627 g/mol. The maximum absolute atomic E-state index is 8.52. The molecule has 0 radical (unpaired) electrons. The molecule has 0 unspecified atom stereocenters. The summed E-state index contributed by atoms with van der Waals surface area (Å²) in [4.78, 5) is 9.33. The highest BCUT2D eigenvalue weighted by Crippen LogP contribution is 2.48. The van der Waals surface area contributed by atoms with E-state index in [0.29, 0.717) is 5.84 Å². The van der Waals surface area contributed by atoms with Gasteiger partial charge in [-0.1, -0.05) is 158 Å². The van der Waals surface area contributed by atoms with Crippen LogP contribution < -0.4 is 0 Å². The first-order chi connectivity index (χ1) is 24.6. The third-order valence-electron chi connectivity index (χ3n) is 8.96. The van der Waals surface area contributed by atoms with Crippen LogP contribution in [-0.2, 0) is 0 Å². The van der Waals surface area contributed by atoms with Crippen LogP contribution in [0, 0.1) is 5.41 Å². The zero-order valence-corrected chi connectivity index (χ0v) is 28.4. The van der Waals surface area contributed by atoms with Crippen molar-refractivity contribution in [3.8, 4) is 44.5 Å². The summed E-state index contributed by atoms with van der Waals surface area (Å²) in [5.74, 6) is 0.722. The number of hydrogen-bond acceptors (Lipinski definition) is 2. The highest BCUT2D eigenvalue weighted by molar-refractivity contribution is 7.27. The normalized spacial score (nSPS) is 11.8. The highest BCUT2D eigenvalue weighted by Gasteiger charge is 2.20. The van der Waals surface area contributed by atoms with Gasteiger partial charge in [-0.05, 0) is 52.4 Å². The molecule has 0 amide bonds. The van der Waals surface area contributed by atoms with Crippen LogP contribution in [0.5, 0.6) is 0 Å². The molecule has 0 bridgehead atoms. The molecule has 3 nitrogen and oxygen atoms in total. The van der Waals surface area contributed by atoms with E-state index in [2.05, 4.69) is 145 Å². The molecule has 0 aliphatic heterocycles. The molecule has 0 aliphatic rings. The Kier molecular flexibility index (Phi) is 8.52. The van der Waals surface area contributed by atoms with E-state index in [0.717, 1.165) is 16.5 Å². The molecule has 0 atom stereocenters. The molecule has 0 saturated heterocycles. The summed E-state index contributed by atoms with van der Waals surface area (Å²) in [5.41, 5.74) is 11.3. The number of aliphatic imine (C=N–C) groups is 2. The second-order valence-corrected chi connectivity index (χ2v) is 13.2. The van der Waals surface area contributed by atoms with Crippen molar-refractivity contribution in [3.05, 3.63) is 181 Å². The highest BCUT2D eigenvalue weighted by atomic mass is 32.1. The first-order valence-electron chi connectivity index (χ1n) is 16.7. The number of nitrogens with one attached hydrogen (secondary N) is 1. The molecule has 0 aliphatic carbocycles. The molecule has 1 heterocycles. The predicted octanol–water partition coefficient (Wildman–Crippen LogP) is 12.6. The molecule has 238 valence electrons. The molecular formula is C46H33N3S. The fourth-order valence-corrected chi connectivity index (χ4v) is 7.94. The fraction of sp³-hybridized carbons (Fsp3) is 0.0217. The molecule has 8 aromatic rings. The van der Waals surface area contributed by atoms with Gasteiger partial charge in [-0.15, -0.1) is 11.3 Å². The van der Waals surface area contributed by atoms with E-state index >= 15 is 0 Å². The summed E-state index contributed by atoms with van der Waals surface area (Å²) >= 11 is 1.84. The van der Waals surface area contributed by atoms with Crippen LogP contribution in [0.3, 0.4) is 0 Å². The van der Waals surface area contributed by atoms with Crippen molar-refractivity contribution in [3.63, 3.8) is 0 Å². The molecule has 0 fully saturated rings. The average molecular weight is 660 g/mol. The van der Waals surface area contributed by atoms with Crippen LogP contribution in [0.2, 0.25) is 0 Å². The minimum absolute atomic E-state index is 0.194. The van der Waals surface area contributed by atoms with E-state index in [9.17, 15) is 0 Å². The van der Waals surface area contributed by atoms with Crippen LogP contribution in [-0.4, -0.2) is 17.9 Å². The van der Waals surface area contributed by atoms with Gasteiger partial charge in [0.2, 0.25) is 0 Å². The first-order valence-corrected chi connectivity index (χ1v) is 17.5. The lowest BCUT2D eigenvalue weighted by Crippen LogP contribution is -1.99. The minimum Gasteiger partial charge on any atom is -0.282 e. The second kappa shape index (κ2) is 13.7.